The first-order valence-corrected chi connectivity index (χ1v) is 7.29. The minimum atomic E-state index is 0.173. The maximum Gasteiger partial charge on any atom is 0.221 e. The smallest absolute Gasteiger partial charge is 0.221 e. The fourth-order valence-electron chi connectivity index (χ4n) is 2.61. The fourth-order valence-corrected chi connectivity index (χ4v) is 2.61. The highest BCUT2D eigenvalue weighted by Crippen LogP contribution is 2.09. The summed E-state index contributed by atoms with van der Waals surface area (Å²) >= 11 is 0. The van der Waals surface area contributed by atoms with E-state index in [2.05, 4.69) is 41.8 Å². The number of benzene rings is 1. The summed E-state index contributed by atoms with van der Waals surface area (Å²) in [5, 5.41) is 6.42. The van der Waals surface area contributed by atoms with Gasteiger partial charge in [0.15, 0.2) is 0 Å². The van der Waals surface area contributed by atoms with Crippen LogP contribution >= 0.6 is 0 Å². The van der Waals surface area contributed by atoms with Crippen molar-refractivity contribution in [2.45, 2.75) is 45.1 Å². The van der Waals surface area contributed by atoms with Gasteiger partial charge in [0.2, 0.25) is 5.91 Å². The van der Waals surface area contributed by atoms with Crippen molar-refractivity contribution in [2.75, 3.05) is 13.1 Å². The van der Waals surface area contributed by atoms with Crippen LogP contribution in [0.4, 0.5) is 0 Å². The van der Waals surface area contributed by atoms with Crippen LogP contribution in [0, 0.1) is 6.92 Å². The Kier molecular flexibility index (Phi) is 5.40. The van der Waals surface area contributed by atoms with Gasteiger partial charge in [0.05, 0.1) is 0 Å². The Morgan fingerprint density at radius 2 is 2.32 bits per heavy atom. The van der Waals surface area contributed by atoms with Crippen molar-refractivity contribution in [1.82, 2.24) is 10.6 Å². The maximum absolute atomic E-state index is 11.8. The molecule has 2 N–H and O–H groups in total. The van der Waals surface area contributed by atoms with E-state index in [9.17, 15) is 4.79 Å². The van der Waals surface area contributed by atoms with Crippen LogP contribution in [0.25, 0.3) is 0 Å². The van der Waals surface area contributed by atoms with Crippen molar-refractivity contribution in [1.29, 1.82) is 0 Å². The Balaban J connectivity index is 1.66. The van der Waals surface area contributed by atoms with Crippen LogP contribution in [-0.2, 0) is 11.2 Å². The molecule has 2 rings (SSSR count). The van der Waals surface area contributed by atoms with E-state index in [1.165, 1.54) is 24.0 Å². The number of nitrogens with one attached hydrogen (secondary N) is 2. The molecule has 1 atom stereocenters. The quantitative estimate of drug-likeness (QED) is 0.852. The van der Waals surface area contributed by atoms with Crippen LogP contribution in [-0.4, -0.2) is 25.0 Å². The van der Waals surface area contributed by atoms with Crippen molar-refractivity contribution in [3.8, 4) is 0 Å². The molecule has 1 fully saturated rings. The number of amides is 1. The Morgan fingerprint density at radius 1 is 1.42 bits per heavy atom. The zero-order chi connectivity index (χ0) is 13.5. The number of hydrogen-bond acceptors (Lipinski definition) is 2. The number of hydrogen-bond donors (Lipinski definition) is 2. The van der Waals surface area contributed by atoms with Crippen LogP contribution in [0.3, 0.4) is 0 Å². The predicted molar refractivity (Wildman–Crippen MR) is 78.2 cm³/mol. The number of aryl methyl sites for hydroxylation is 1. The number of rotatable bonds is 5. The van der Waals surface area contributed by atoms with E-state index in [1.54, 1.807) is 0 Å². The van der Waals surface area contributed by atoms with E-state index < -0.39 is 0 Å². The van der Waals surface area contributed by atoms with Crippen molar-refractivity contribution >= 4 is 5.91 Å². The molecular formula is C16H24N2O. The van der Waals surface area contributed by atoms with E-state index in [0.717, 1.165) is 25.9 Å². The molecule has 0 spiro atoms. The van der Waals surface area contributed by atoms with Gasteiger partial charge in [-0.3, -0.25) is 4.79 Å². The molecule has 1 aliphatic rings. The second-order valence-electron chi connectivity index (χ2n) is 5.44. The molecular weight excluding hydrogens is 236 g/mol. The molecule has 0 radical (unpaired) electrons. The minimum absolute atomic E-state index is 0.173. The van der Waals surface area contributed by atoms with Gasteiger partial charge in [-0.15, -0.1) is 0 Å². The highest BCUT2D eigenvalue weighted by molar-refractivity contribution is 5.76. The summed E-state index contributed by atoms with van der Waals surface area (Å²) in [4.78, 5) is 11.8. The lowest BCUT2D eigenvalue weighted by Crippen LogP contribution is -2.39. The molecule has 19 heavy (non-hydrogen) atoms. The van der Waals surface area contributed by atoms with E-state index in [1.807, 2.05) is 0 Å². The third-order valence-electron chi connectivity index (χ3n) is 3.66. The third kappa shape index (κ3) is 5.03. The summed E-state index contributed by atoms with van der Waals surface area (Å²) in [6.45, 7) is 3.88. The summed E-state index contributed by atoms with van der Waals surface area (Å²) in [5.74, 6) is 0.173. The molecule has 1 unspecified atom stereocenters. The van der Waals surface area contributed by atoms with Crippen LogP contribution in [0.15, 0.2) is 24.3 Å². The normalized spacial score (nSPS) is 19.1. The van der Waals surface area contributed by atoms with Gasteiger partial charge in [-0.1, -0.05) is 36.2 Å². The van der Waals surface area contributed by atoms with Gasteiger partial charge in [0, 0.05) is 19.0 Å². The van der Waals surface area contributed by atoms with Gasteiger partial charge in [-0.25, -0.2) is 0 Å². The molecule has 3 heteroatoms. The number of carbonyl (C=O) groups is 1. The first-order valence-electron chi connectivity index (χ1n) is 7.29. The second kappa shape index (κ2) is 7.29. The van der Waals surface area contributed by atoms with Gasteiger partial charge in [0.1, 0.15) is 0 Å². The first kappa shape index (κ1) is 14.1. The topological polar surface area (TPSA) is 41.1 Å². The summed E-state index contributed by atoms with van der Waals surface area (Å²) in [5.41, 5.74) is 2.56. The Bertz CT molecular complexity index is 411. The van der Waals surface area contributed by atoms with E-state index in [4.69, 9.17) is 0 Å². The zero-order valence-electron chi connectivity index (χ0n) is 11.7. The summed E-state index contributed by atoms with van der Waals surface area (Å²) in [6, 6.07) is 8.83. The largest absolute Gasteiger partial charge is 0.356 e. The molecule has 1 aliphatic heterocycles. The van der Waals surface area contributed by atoms with E-state index in [-0.39, 0.29) is 5.91 Å². The number of piperidine rings is 1. The average molecular weight is 260 g/mol. The molecule has 3 nitrogen and oxygen atoms in total. The van der Waals surface area contributed by atoms with Gasteiger partial charge in [-0.05, 0) is 38.3 Å². The second-order valence-corrected chi connectivity index (χ2v) is 5.44. The maximum atomic E-state index is 11.8. The van der Waals surface area contributed by atoms with Crippen molar-refractivity contribution in [3.05, 3.63) is 35.4 Å². The molecule has 0 bridgehead atoms. The molecule has 0 aliphatic carbocycles. The van der Waals surface area contributed by atoms with Gasteiger partial charge in [0.25, 0.3) is 0 Å². The molecule has 0 aromatic heterocycles. The molecule has 0 saturated carbocycles. The lowest BCUT2D eigenvalue weighted by Gasteiger charge is -2.22. The monoisotopic (exact) mass is 260 g/mol. The fraction of sp³-hybridized carbons (Fsp3) is 0.562. The lowest BCUT2D eigenvalue weighted by atomic mass is 10.0. The predicted octanol–water partition coefficient (Wildman–Crippen LogP) is 2.19. The lowest BCUT2D eigenvalue weighted by molar-refractivity contribution is -0.121. The Morgan fingerprint density at radius 3 is 3.05 bits per heavy atom. The van der Waals surface area contributed by atoms with Crippen molar-refractivity contribution in [2.24, 2.45) is 0 Å². The van der Waals surface area contributed by atoms with Gasteiger partial charge >= 0.3 is 0 Å². The van der Waals surface area contributed by atoms with Crippen molar-refractivity contribution in [3.63, 3.8) is 0 Å². The third-order valence-corrected chi connectivity index (χ3v) is 3.66. The first-order chi connectivity index (χ1) is 9.24. The van der Waals surface area contributed by atoms with Crippen LogP contribution in [0.5, 0.6) is 0 Å². The molecule has 104 valence electrons. The standard InChI is InChI=1S/C16H24N2O/c1-13-5-4-6-14(11-13)8-10-18-16(19)12-15-7-2-3-9-17-15/h4-6,11,15,17H,2-3,7-10,12H2,1H3,(H,18,19). The average Bonchev–Trinajstić information content (AvgIpc) is 2.40. The molecule has 1 amide bonds. The Labute approximate surface area is 115 Å². The highest BCUT2D eigenvalue weighted by atomic mass is 16.1. The highest BCUT2D eigenvalue weighted by Gasteiger charge is 2.15. The van der Waals surface area contributed by atoms with E-state index >= 15 is 0 Å². The molecule has 1 aromatic rings. The van der Waals surface area contributed by atoms with Crippen LogP contribution in [0.1, 0.15) is 36.8 Å². The zero-order valence-corrected chi connectivity index (χ0v) is 11.7. The van der Waals surface area contributed by atoms with Gasteiger partial charge < -0.3 is 10.6 Å². The summed E-state index contributed by atoms with van der Waals surface area (Å²) in [6.07, 6.45) is 5.14. The summed E-state index contributed by atoms with van der Waals surface area (Å²) in [7, 11) is 0. The summed E-state index contributed by atoms with van der Waals surface area (Å²) < 4.78 is 0. The molecule has 1 saturated heterocycles. The van der Waals surface area contributed by atoms with Crippen LogP contribution < -0.4 is 10.6 Å². The van der Waals surface area contributed by atoms with E-state index in [0.29, 0.717) is 12.5 Å². The molecule has 1 heterocycles. The minimum Gasteiger partial charge on any atom is -0.356 e. The number of carbonyl (C=O) groups excluding carboxylic acids is 1. The SMILES string of the molecule is Cc1cccc(CCNC(=O)CC2CCCCN2)c1. The Hall–Kier alpha value is -1.35. The molecule has 1 aromatic carbocycles. The van der Waals surface area contributed by atoms with Crippen LogP contribution in [0.2, 0.25) is 0 Å². The van der Waals surface area contributed by atoms with Crippen molar-refractivity contribution < 1.29 is 4.79 Å². The van der Waals surface area contributed by atoms with Gasteiger partial charge in [-0.2, -0.15) is 0 Å².